The van der Waals surface area contributed by atoms with Gasteiger partial charge in [-0.05, 0) is 12.1 Å². The molecule has 16 heavy (non-hydrogen) atoms. The Morgan fingerprint density at radius 2 is 1.88 bits per heavy atom. The fraction of sp³-hybridized carbons (Fsp3) is 0.125. The number of benzene rings is 1. The van der Waals surface area contributed by atoms with E-state index in [0.29, 0.717) is 5.75 Å². The van der Waals surface area contributed by atoms with Crippen molar-refractivity contribution in [2.24, 2.45) is 0 Å². The van der Waals surface area contributed by atoms with Crippen LogP contribution in [-0.4, -0.2) is 21.6 Å². The van der Waals surface area contributed by atoms with Crippen LogP contribution in [0.1, 0.15) is 0 Å². The van der Waals surface area contributed by atoms with Gasteiger partial charge in [0, 0.05) is 10.7 Å². The monoisotopic (exact) mass is 265 g/mol. The number of para-hydroxylation sites is 2. The van der Waals surface area contributed by atoms with E-state index in [1.165, 1.54) is 17.9 Å². The Hall–Kier alpha value is -1.47. The molecule has 0 aromatic heterocycles. The van der Waals surface area contributed by atoms with Gasteiger partial charge in [-0.3, -0.25) is 0 Å². The SMILES string of the molecule is COc1ccccc1OC(=O)NS(=O)(=O)Cl. The molecule has 1 amide bonds. The third kappa shape index (κ3) is 3.95. The van der Waals surface area contributed by atoms with Crippen molar-refractivity contribution in [3.63, 3.8) is 0 Å². The van der Waals surface area contributed by atoms with Gasteiger partial charge in [0.25, 0.3) is 0 Å². The third-order valence-corrected chi connectivity index (χ3v) is 2.12. The van der Waals surface area contributed by atoms with Crippen LogP contribution in [0.25, 0.3) is 0 Å². The van der Waals surface area contributed by atoms with Gasteiger partial charge in [0.1, 0.15) is 0 Å². The molecule has 0 heterocycles. The number of hydrogen-bond acceptors (Lipinski definition) is 5. The molecule has 6 nitrogen and oxygen atoms in total. The van der Waals surface area contributed by atoms with E-state index in [4.69, 9.17) is 15.4 Å². The first-order valence-corrected chi connectivity index (χ1v) is 6.30. The highest BCUT2D eigenvalue weighted by atomic mass is 35.7. The smallest absolute Gasteiger partial charge is 0.427 e. The molecule has 0 aliphatic rings. The highest BCUT2D eigenvalue weighted by molar-refractivity contribution is 8.12. The molecule has 0 unspecified atom stereocenters. The largest absolute Gasteiger partial charge is 0.493 e. The van der Waals surface area contributed by atoms with Crippen LogP contribution >= 0.6 is 10.7 Å². The highest BCUT2D eigenvalue weighted by Gasteiger charge is 2.14. The summed E-state index contributed by atoms with van der Waals surface area (Å²) in [7, 11) is 2.03. The summed E-state index contributed by atoms with van der Waals surface area (Å²) in [5.74, 6) is 0.382. The minimum atomic E-state index is -4.16. The van der Waals surface area contributed by atoms with Crippen molar-refractivity contribution in [1.29, 1.82) is 0 Å². The summed E-state index contributed by atoms with van der Waals surface area (Å²) in [5, 5.41) is 0. The number of nitrogens with one attached hydrogen (secondary N) is 1. The molecular formula is C8H8ClNO5S. The van der Waals surface area contributed by atoms with Gasteiger partial charge in [0.2, 0.25) is 0 Å². The number of rotatable bonds is 3. The molecule has 0 saturated heterocycles. The van der Waals surface area contributed by atoms with Crippen LogP contribution in [0.4, 0.5) is 4.79 Å². The fourth-order valence-electron chi connectivity index (χ4n) is 0.923. The Morgan fingerprint density at radius 3 is 2.38 bits per heavy atom. The number of hydrogen-bond donors (Lipinski definition) is 1. The normalized spacial score (nSPS) is 10.6. The molecule has 1 aromatic carbocycles. The average molecular weight is 266 g/mol. The minimum Gasteiger partial charge on any atom is -0.493 e. The van der Waals surface area contributed by atoms with Crippen molar-refractivity contribution in [3.05, 3.63) is 24.3 Å². The highest BCUT2D eigenvalue weighted by Crippen LogP contribution is 2.25. The van der Waals surface area contributed by atoms with Crippen LogP contribution < -0.4 is 14.2 Å². The van der Waals surface area contributed by atoms with E-state index in [-0.39, 0.29) is 5.75 Å². The van der Waals surface area contributed by atoms with E-state index in [2.05, 4.69) is 4.74 Å². The van der Waals surface area contributed by atoms with Crippen molar-refractivity contribution in [3.8, 4) is 11.5 Å². The Balaban J connectivity index is 2.77. The maximum Gasteiger partial charge on any atom is 0.427 e. The van der Waals surface area contributed by atoms with Gasteiger partial charge in [0.05, 0.1) is 7.11 Å². The molecule has 1 rings (SSSR count). The molecule has 1 N–H and O–H groups in total. The molecule has 0 aliphatic heterocycles. The zero-order valence-electron chi connectivity index (χ0n) is 8.14. The van der Waals surface area contributed by atoms with Gasteiger partial charge >= 0.3 is 15.3 Å². The summed E-state index contributed by atoms with van der Waals surface area (Å²) in [6.45, 7) is 0. The number of amides is 1. The molecule has 1 aromatic rings. The summed E-state index contributed by atoms with van der Waals surface area (Å²) < 4.78 is 32.0. The van der Waals surface area contributed by atoms with E-state index < -0.39 is 15.3 Å². The van der Waals surface area contributed by atoms with Crippen molar-refractivity contribution >= 4 is 26.0 Å². The lowest BCUT2D eigenvalue weighted by atomic mass is 10.3. The Bertz CT molecular complexity index is 487. The van der Waals surface area contributed by atoms with Crippen LogP contribution in [0.5, 0.6) is 11.5 Å². The summed E-state index contributed by atoms with van der Waals surface area (Å²) >= 11 is 0. The maximum absolute atomic E-state index is 11.0. The first-order chi connectivity index (χ1) is 7.42. The molecule has 88 valence electrons. The van der Waals surface area contributed by atoms with Gasteiger partial charge in [-0.2, -0.15) is 8.42 Å². The summed E-state index contributed by atoms with van der Waals surface area (Å²) in [5.41, 5.74) is 0. The van der Waals surface area contributed by atoms with Crippen molar-refractivity contribution in [1.82, 2.24) is 4.72 Å². The second kappa shape index (κ2) is 5.04. The van der Waals surface area contributed by atoms with E-state index in [1.54, 1.807) is 18.2 Å². The molecule has 0 aliphatic carbocycles. The Kier molecular flexibility index (Phi) is 3.97. The van der Waals surface area contributed by atoms with Gasteiger partial charge in [0.15, 0.2) is 11.5 Å². The summed E-state index contributed by atoms with van der Waals surface area (Å²) in [6.07, 6.45) is -1.21. The third-order valence-electron chi connectivity index (χ3n) is 1.48. The number of carbonyl (C=O) groups excluding carboxylic acids is 1. The first-order valence-electron chi connectivity index (χ1n) is 3.99. The van der Waals surface area contributed by atoms with E-state index in [0.717, 1.165) is 0 Å². The number of methoxy groups -OCH3 is 1. The lowest BCUT2D eigenvalue weighted by molar-refractivity contribution is 0.205. The molecule has 0 spiro atoms. The minimum absolute atomic E-state index is 0.0859. The van der Waals surface area contributed by atoms with Crippen LogP contribution in [-0.2, 0) is 9.24 Å². The molecule has 0 fully saturated rings. The lowest BCUT2D eigenvalue weighted by Crippen LogP contribution is -2.29. The van der Waals surface area contributed by atoms with Crippen LogP contribution in [0.15, 0.2) is 24.3 Å². The fourth-order valence-corrected chi connectivity index (χ4v) is 1.35. The van der Waals surface area contributed by atoms with Crippen LogP contribution in [0.2, 0.25) is 0 Å². The maximum atomic E-state index is 11.0. The number of carbonyl (C=O) groups is 1. The van der Waals surface area contributed by atoms with Gasteiger partial charge in [-0.15, -0.1) is 0 Å². The van der Waals surface area contributed by atoms with Crippen molar-refractivity contribution < 1.29 is 22.7 Å². The zero-order chi connectivity index (χ0) is 12.2. The van der Waals surface area contributed by atoms with Crippen molar-refractivity contribution in [2.75, 3.05) is 7.11 Å². The average Bonchev–Trinajstić information content (AvgIpc) is 2.15. The predicted octanol–water partition coefficient (Wildman–Crippen LogP) is 1.27. The van der Waals surface area contributed by atoms with Gasteiger partial charge in [-0.1, -0.05) is 12.1 Å². The van der Waals surface area contributed by atoms with E-state index >= 15 is 0 Å². The van der Waals surface area contributed by atoms with Crippen molar-refractivity contribution in [2.45, 2.75) is 0 Å². The topological polar surface area (TPSA) is 81.7 Å². The Labute approximate surface area is 96.7 Å². The molecule has 0 saturated carbocycles. The van der Waals surface area contributed by atoms with E-state index in [9.17, 15) is 13.2 Å². The summed E-state index contributed by atoms with van der Waals surface area (Å²) in [6, 6.07) is 6.26. The predicted molar refractivity (Wildman–Crippen MR) is 56.9 cm³/mol. The second-order valence-corrected chi connectivity index (χ2v) is 4.88. The standard InChI is InChI=1S/C8H8ClNO5S/c1-14-6-4-2-3-5-7(6)15-8(11)10-16(9,12)13/h2-5H,1H3,(H,10,11). The second-order valence-electron chi connectivity index (χ2n) is 2.58. The quantitative estimate of drug-likeness (QED) is 0.832. The number of ether oxygens (including phenoxy) is 2. The molecule has 0 bridgehead atoms. The number of halogens is 1. The van der Waals surface area contributed by atoms with Crippen LogP contribution in [0.3, 0.4) is 0 Å². The lowest BCUT2D eigenvalue weighted by Gasteiger charge is -2.07. The molecule has 0 atom stereocenters. The first kappa shape index (κ1) is 12.6. The Morgan fingerprint density at radius 1 is 1.31 bits per heavy atom. The van der Waals surface area contributed by atoms with E-state index in [1.807, 2.05) is 0 Å². The summed E-state index contributed by atoms with van der Waals surface area (Å²) in [4.78, 5) is 11.0. The molecule has 8 heteroatoms. The zero-order valence-corrected chi connectivity index (χ0v) is 9.71. The molecular weight excluding hydrogens is 258 g/mol. The van der Waals surface area contributed by atoms with Gasteiger partial charge in [-0.25, -0.2) is 9.52 Å². The van der Waals surface area contributed by atoms with Crippen LogP contribution in [0, 0.1) is 0 Å². The molecule has 0 radical (unpaired) electrons. The van der Waals surface area contributed by atoms with Gasteiger partial charge < -0.3 is 9.47 Å².